The van der Waals surface area contributed by atoms with Crippen LogP contribution in [0.25, 0.3) is 0 Å². The highest BCUT2D eigenvalue weighted by atomic mass is 15.2. The first-order valence-corrected chi connectivity index (χ1v) is 9.29. The summed E-state index contributed by atoms with van der Waals surface area (Å²) in [5.74, 6) is 2.51. The van der Waals surface area contributed by atoms with Gasteiger partial charge < -0.3 is 15.1 Å². The van der Waals surface area contributed by atoms with Crippen LogP contribution < -0.4 is 5.32 Å². The van der Waals surface area contributed by atoms with Gasteiger partial charge in [-0.15, -0.1) is 0 Å². The van der Waals surface area contributed by atoms with E-state index in [1.165, 1.54) is 71.5 Å². The lowest BCUT2D eigenvalue weighted by molar-refractivity contribution is 0.140. The lowest BCUT2D eigenvalue weighted by Gasteiger charge is -2.35. The van der Waals surface area contributed by atoms with Gasteiger partial charge in [0.05, 0.1) is 0 Å². The molecule has 0 aromatic carbocycles. The molecule has 0 aliphatic carbocycles. The molecular formula is C18H37N3. The molecule has 0 saturated carbocycles. The second-order valence-corrected chi connectivity index (χ2v) is 7.91. The van der Waals surface area contributed by atoms with Gasteiger partial charge in [-0.25, -0.2) is 0 Å². The number of nitrogens with one attached hydrogen (secondary N) is 1. The van der Waals surface area contributed by atoms with Crippen molar-refractivity contribution in [3.63, 3.8) is 0 Å². The van der Waals surface area contributed by atoms with E-state index in [9.17, 15) is 0 Å². The van der Waals surface area contributed by atoms with Gasteiger partial charge in [0.15, 0.2) is 0 Å². The van der Waals surface area contributed by atoms with E-state index in [0.29, 0.717) is 0 Å². The predicted molar refractivity (Wildman–Crippen MR) is 91.7 cm³/mol. The van der Waals surface area contributed by atoms with Gasteiger partial charge in [-0.05, 0) is 82.7 Å². The van der Waals surface area contributed by atoms with Crippen LogP contribution in [0.5, 0.6) is 0 Å². The van der Waals surface area contributed by atoms with Crippen molar-refractivity contribution in [2.75, 3.05) is 52.4 Å². The van der Waals surface area contributed by atoms with Crippen LogP contribution in [0.3, 0.4) is 0 Å². The van der Waals surface area contributed by atoms with Gasteiger partial charge in [0.2, 0.25) is 0 Å². The number of rotatable bonds is 8. The summed E-state index contributed by atoms with van der Waals surface area (Å²) in [5, 5.41) is 3.60. The summed E-state index contributed by atoms with van der Waals surface area (Å²) in [4.78, 5) is 5.39. The van der Waals surface area contributed by atoms with Gasteiger partial charge in [-0.1, -0.05) is 20.8 Å². The Morgan fingerprint density at radius 3 is 2.19 bits per heavy atom. The second-order valence-electron chi connectivity index (χ2n) is 7.91. The molecule has 0 radical (unpaired) electrons. The fraction of sp³-hybridized carbons (Fsp3) is 1.00. The van der Waals surface area contributed by atoms with Crippen LogP contribution >= 0.6 is 0 Å². The lowest BCUT2D eigenvalue weighted by Crippen LogP contribution is -2.41. The van der Waals surface area contributed by atoms with E-state index in [1.807, 2.05) is 0 Å². The van der Waals surface area contributed by atoms with Crippen molar-refractivity contribution >= 4 is 0 Å². The van der Waals surface area contributed by atoms with Gasteiger partial charge in [-0.3, -0.25) is 0 Å². The predicted octanol–water partition coefficient (Wildman–Crippen LogP) is 2.68. The smallest absolute Gasteiger partial charge is 0.00191 e. The Labute approximate surface area is 132 Å². The number of likely N-dealkylation sites (tertiary alicyclic amines) is 2. The largest absolute Gasteiger partial charge is 0.316 e. The molecule has 0 aromatic heterocycles. The van der Waals surface area contributed by atoms with Crippen LogP contribution in [0.4, 0.5) is 0 Å². The maximum absolute atomic E-state index is 3.60. The van der Waals surface area contributed by atoms with Crippen molar-refractivity contribution < 1.29 is 0 Å². The molecule has 2 aliphatic heterocycles. The average Bonchev–Trinajstić information content (AvgIpc) is 2.93. The minimum Gasteiger partial charge on any atom is -0.316 e. The Bertz CT molecular complexity index is 266. The summed E-state index contributed by atoms with van der Waals surface area (Å²) in [7, 11) is 0. The Kier molecular flexibility index (Phi) is 7.48. The summed E-state index contributed by atoms with van der Waals surface area (Å²) in [6, 6.07) is 0. The number of piperidine rings is 1. The molecule has 1 N–H and O–H groups in total. The summed E-state index contributed by atoms with van der Waals surface area (Å²) < 4.78 is 0. The molecule has 3 heteroatoms. The molecule has 1 unspecified atom stereocenters. The fourth-order valence-corrected chi connectivity index (χ4v) is 3.81. The van der Waals surface area contributed by atoms with Crippen LogP contribution in [0.2, 0.25) is 0 Å². The van der Waals surface area contributed by atoms with E-state index in [1.54, 1.807) is 0 Å². The number of nitrogens with zero attached hydrogens (tertiary/aromatic N) is 2. The van der Waals surface area contributed by atoms with Crippen LogP contribution in [0, 0.1) is 17.8 Å². The molecule has 2 saturated heterocycles. The summed E-state index contributed by atoms with van der Waals surface area (Å²) in [6.07, 6.45) is 5.70. The van der Waals surface area contributed by atoms with E-state index in [0.717, 1.165) is 24.3 Å². The van der Waals surface area contributed by atoms with Gasteiger partial charge in [0, 0.05) is 13.1 Å². The van der Waals surface area contributed by atoms with Crippen molar-refractivity contribution in [2.24, 2.45) is 17.8 Å². The molecular weight excluding hydrogens is 258 g/mol. The Hall–Kier alpha value is -0.120. The van der Waals surface area contributed by atoms with E-state index in [4.69, 9.17) is 0 Å². The third-order valence-electron chi connectivity index (χ3n) is 5.04. The average molecular weight is 296 g/mol. The molecule has 0 amide bonds. The van der Waals surface area contributed by atoms with Crippen LogP contribution in [0.15, 0.2) is 0 Å². The first-order valence-electron chi connectivity index (χ1n) is 9.29. The highest BCUT2D eigenvalue weighted by molar-refractivity contribution is 4.78. The number of hydrogen-bond acceptors (Lipinski definition) is 3. The molecule has 0 aromatic rings. The maximum Gasteiger partial charge on any atom is 0.00191 e. The first kappa shape index (κ1) is 17.2. The zero-order chi connectivity index (χ0) is 15.1. The van der Waals surface area contributed by atoms with Crippen molar-refractivity contribution in [3.05, 3.63) is 0 Å². The van der Waals surface area contributed by atoms with E-state index < -0.39 is 0 Å². The van der Waals surface area contributed by atoms with E-state index in [2.05, 4.69) is 35.9 Å². The number of hydrogen-bond donors (Lipinski definition) is 1. The molecule has 1 atom stereocenters. The van der Waals surface area contributed by atoms with E-state index in [-0.39, 0.29) is 0 Å². The van der Waals surface area contributed by atoms with Gasteiger partial charge in [0.1, 0.15) is 0 Å². The third-order valence-corrected chi connectivity index (χ3v) is 5.04. The standard InChI is InChI=1S/C18H37N3/c1-16(2)12-19-13-17(3)14-21-10-6-18(7-11-21)15-20-8-4-5-9-20/h16-19H,4-15H2,1-3H3. The van der Waals surface area contributed by atoms with Crippen molar-refractivity contribution in [1.29, 1.82) is 0 Å². The Balaban J connectivity index is 1.55. The molecule has 2 fully saturated rings. The maximum atomic E-state index is 3.60. The summed E-state index contributed by atoms with van der Waals surface area (Å²) in [6.45, 7) is 17.3. The van der Waals surface area contributed by atoms with Crippen molar-refractivity contribution in [1.82, 2.24) is 15.1 Å². The highest BCUT2D eigenvalue weighted by Gasteiger charge is 2.23. The van der Waals surface area contributed by atoms with E-state index >= 15 is 0 Å². The molecule has 2 aliphatic rings. The summed E-state index contributed by atoms with van der Waals surface area (Å²) in [5.41, 5.74) is 0. The monoisotopic (exact) mass is 295 g/mol. The molecule has 21 heavy (non-hydrogen) atoms. The Morgan fingerprint density at radius 1 is 0.905 bits per heavy atom. The zero-order valence-corrected chi connectivity index (χ0v) is 14.6. The molecule has 2 rings (SSSR count). The molecule has 124 valence electrons. The molecule has 0 bridgehead atoms. The van der Waals surface area contributed by atoms with Crippen LogP contribution in [-0.4, -0.2) is 62.2 Å². The quantitative estimate of drug-likeness (QED) is 0.743. The van der Waals surface area contributed by atoms with Gasteiger partial charge >= 0.3 is 0 Å². The van der Waals surface area contributed by atoms with Crippen molar-refractivity contribution in [2.45, 2.75) is 46.5 Å². The zero-order valence-electron chi connectivity index (χ0n) is 14.6. The topological polar surface area (TPSA) is 18.5 Å². The van der Waals surface area contributed by atoms with Gasteiger partial charge in [-0.2, -0.15) is 0 Å². The minimum atomic E-state index is 0.763. The fourth-order valence-electron chi connectivity index (χ4n) is 3.81. The lowest BCUT2D eigenvalue weighted by atomic mass is 9.95. The second kappa shape index (κ2) is 9.12. The SMILES string of the molecule is CC(C)CNCC(C)CN1CCC(CN2CCCC2)CC1. The van der Waals surface area contributed by atoms with Crippen molar-refractivity contribution in [3.8, 4) is 0 Å². The van der Waals surface area contributed by atoms with Gasteiger partial charge in [0.25, 0.3) is 0 Å². The molecule has 0 spiro atoms. The first-order chi connectivity index (χ1) is 10.1. The summed E-state index contributed by atoms with van der Waals surface area (Å²) >= 11 is 0. The normalized spacial score (nSPS) is 24.0. The van der Waals surface area contributed by atoms with Crippen LogP contribution in [0.1, 0.15) is 46.5 Å². The third kappa shape index (κ3) is 6.66. The molecule has 2 heterocycles. The Morgan fingerprint density at radius 2 is 1.57 bits per heavy atom. The highest BCUT2D eigenvalue weighted by Crippen LogP contribution is 2.21. The molecule has 3 nitrogen and oxygen atoms in total. The van der Waals surface area contributed by atoms with Crippen LogP contribution in [-0.2, 0) is 0 Å². The minimum absolute atomic E-state index is 0.763.